The van der Waals surface area contributed by atoms with E-state index in [4.69, 9.17) is 9.94 Å². The van der Waals surface area contributed by atoms with Crippen LogP contribution in [0.1, 0.15) is 43.4 Å². The van der Waals surface area contributed by atoms with E-state index in [1.54, 1.807) is 5.48 Å². The summed E-state index contributed by atoms with van der Waals surface area (Å²) in [7, 11) is 1.30. The first-order valence-electron chi connectivity index (χ1n) is 7.89. The summed E-state index contributed by atoms with van der Waals surface area (Å²) in [6.07, 6.45) is 3.97. The zero-order valence-electron chi connectivity index (χ0n) is 13.7. The van der Waals surface area contributed by atoms with Crippen LogP contribution in [-0.4, -0.2) is 36.1 Å². The molecule has 0 saturated heterocycles. The van der Waals surface area contributed by atoms with Gasteiger partial charge in [0, 0.05) is 24.1 Å². The fraction of sp³-hybridized carbons (Fsp3) is 0.562. The highest BCUT2D eigenvalue weighted by Gasteiger charge is 2.22. The Morgan fingerprint density at radius 2 is 1.83 bits per heavy atom. The van der Waals surface area contributed by atoms with E-state index in [2.05, 4.69) is 5.32 Å². The van der Waals surface area contributed by atoms with Crippen LogP contribution in [0.4, 0.5) is 0 Å². The van der Waals surface area contributed by atoms with Crippen LogP contribution in [0, 0.1) is 0 Å². The Morgan fingerprint density at radius 1 is 1.17 bits per heavy atom. The molecule has 1 atom stereocenters. The molecular weight excluding hydrogens is 332 g/mol. The van der Waals surface area contributed by atoms with Gasteiger partial charge in [-0.2, -0.15) is 0 Å². The molecule has 24 heavy (non-hydrogen) atoms. The lowest BCUT2D eigenvalue weighted by Crippen LogP contribution is -2.42. The Bertz CT molecular complexity index is 519. The van der Waals surface area contributed by atoms with E-state index in [9.17, 15) is 14.4 Å². The van der Waals surface area contributed by atoms with Gasteiger partial charge in [0.2, 0.25) is 11.8 Å². The summed E-state index contributed by atoms with van der Waals surface area (Å²) in [6, 6.07) is 3.14. The van der Waals surface area contributed by atoms with Crippen LogP contribution in [0.2, 0.25) is 0 Å². The van der Waals surface area contributed by atoms with E-state index in [0.717, 1.165) is 17.7 Å². The Balaban J connectivity index is 2.27. The fourth-order valence-electron chi connectivity index (χ4n) is 2.21. The molecule has 1 aromatic rings. The van der Waals surface area contributed by atoms with Crippen molar-refractivity contribution < 1.29 is 24.3 Å². The van der Waals surface area contributed by atoms with Gasteiger partial charge in [-0.3, -0.25) is 14.8 Å². The molecule has 1 unspecified atom stereocenters. The maximum atomic E-state index is 12.0. The highest BCUT2D eigenvalue weighted by atomic mass is 32.1. The molecule has 1 heterocycles. The number of thiophene rings is 1. The molecule has 0 aliphatic rings. The van der Waals surface area contributed by atoms with Crippen LogP contribution in [0.5, 0.6) is 0 Å². The molecule has 0 spiro atoms. The number of carbonyl (C=O) groups excluding carboxylic acids is 3. The summed E-state index contributed by atoms with van der Waals surface area (Å²) < 4.78 is 4.75. The monoisotopic (exact) mass is 356 g/mol. The number of nitrogens with one attached hydrogen (secondary N) is 2. The third-order valence-electron chi connectivity index (χ3n) is 3.49. The molecule has 0 fully saturated rings. The Hall–Kier alpha value is -1.93. The van der Waals surface area contributed by atoms with E-state index in [1.807, 2.05) is 17.5 Å². The standard InChI is InChI=1S/C16H24N2O5S/c1-23-16(21)13(11-12-7-6-10-24-12)17-14(19)8-4-2-3-5-9-15(20)18-22/h6-7,10,13,22H,2-5,8-9,11H2,1H3,(H,17,19)(H,18,20). The fourth-order valence-corrected chi connectivity index (χ4v) is 2.96. The van der Waals surface area contributed by atoms with Gasteiger partial charge < -0.3 is 10.1 Å². The van der Waals surface area contributed by atoms with Crippen molar-refractivity contribution in [3.8, 4) is 0 Å². The number of ether oxygens (including phenoxy) is 1. The van der Waals surface area contributed by atoms with E-state index < -0.39 is 17.9 Å². The van der Waals surface area contributed by atoms with E-state index >= 15 is 0 Å². The van der Waals surface area contributed by atoms with Crippen LogP contribution in [0.3, 0.4) is 0 Å². The van der Waals surface area contributed by atoms with Gasteiger partial charge in [-0.05, 0) is 24.3 Å². The molecule has 8 heteroatoms. The molecular formula is C16H24N2O5S. The normalized spacial score (nSPS) is 11.6. The lowest BCUT2D eigenvalue weighted by atomic mass is 10.1. The number of esters is 1. The van der Waals surface area contributed by atoms with Gasteiger partial charge in [0.15, 0.2) is 0 Å². The number of hydrogen-bond acceptors (Lipinski definition) is 6. The maximum absolute atomic E-state index is 12.0. The van der Waals surface area contributed by atoms with Crippen LogP contribution in [0.25, 0.3) is 0 Å². The number of amides is 2. The lowest BCUT2D eigenvalue weighted by molar-refractivity contribution is -0.145. The average molecular weight is 356 g/mol. The predicted molar refractivity (Wildman–Crippen MR) is 89.6 cm³/mol. The first-order chi connectivity index (χ1) is 11.6. The third kappa shape index (κ3) is 8.07. The summed E-state index contributed by atoms with van der Waals surface area (Å²) in [5, 5.41) is 13.0. The van der Waals surface area contributed by atoms with Gasteiger partial charge in [0.05, 0.1) is 7.11 Å². The van der Waals surface area contributed by atoms with Gasteiger partial charge in [0.1, 0.15) is 6.04 Å². The SMILES string of the molecule is COC(=O)C(Cc1cccs1)NC(=O)CCCCCCC(=O)NO. The van der Waals surface area contributed by atoms with Gasteiger partial charge in [-0.15, -0.1) is 11.3 Å². The summed E-state index contributed by atoms with van der Waals surface area (Å²) in [6.45, 7) is 0. The molecule has 2 amide bonds. The van der Waals surface area contributed by atoms with E-state index in [1.165, 1.54) is 18.4 Å². The van der Waals surface area contributed by atoms with Crippen molar-refractivity contribution in [1.82, 2.24) is 10.8 Å². The van der Waals surface area contributed by atoms with Crippen molar-refractivity contribution in [3.63, 3.8) is 0 Å². The van der Waals surface area contributed by atoms with Crippen molar-refractivity contribution in [2.45, 2.75) is 51.0 Å². The number of hydrogen-bond donors (Lipinski definition) is 3. The van der Waals surface area contributed by atoms with Crippen LogP contribution in [-0.2, 0) is 25.5 Å². The molecule has 7 nitrogen and oxygen atoms in total. The van der Waals surface area contributed by atoms with Crippen LogP contribution in [0.15, 0.2) is 17.5 Å². The molecule has 0 bridgehead atoms. The highest BCUT2D eigenvalue weighted by Crippen LogP contribution is 2.12. The topological polar surface area (TPSA) is 105 Å². The quantitative estimate of drug-likeness (QED) is 0.243. The van der Waals surface area contributed by atoms with Crippen LogP contribution < -0.4 is 10.8 Å². The van der Waals surface area contributed by atoms with Gasteiger partial charge >= 0.3 is 5.97 Å². The predicted octanol–water partition coefficient (Wildman–Crippen LogP) is 1.79. The molecule has 0 aromatic carbocycles. The van der Waals surface area contributed by atoms with Crippen molar-refractivity contribution in [2.75, 3.05) is 7.11 Å². The number of methoxy groups -OCH3 is 1. The molecule has 1 aromatic heterocycles. The third-order valence-corrected chi connectivity index (χ3v) is 4.39. The largest absolute Gasteiger partial charge is 0.467 e. The summed E-state index contributed by atoms with van der Waals surface area (Å²) in [5.41, 5.74) is 1.58. The number of unbranched alkanes of at least 4 members (excludes halogenated alkanes) is 3. The number of carbonyl (C=O) groups is 3. The lowest BCUT2D eigenvalue weighted by Gasteiger charge is -2.15. The second kappa shape index (κ2) is 11.6. The first kappa shape index (κ1) is 20.1. The number of rotatable bonds is 11. The second-order valence-electron chi connectivity index (χ2n) is 5.38. The van der Waals surface area contributed by atoms with Gasteiger partial charge in [-0.1, -0.05) is 18.9 Å². The molecule has 0 aliphatic carbocycles. The maximum Gasteiger partial charge on any atom is 0.328 e. The minimum atomic E-state index is -0.672. The first-order valence-corrected chi connectivity index (χ1v) is 8.77. The van der Waals surface area contributed by atoms with Crippen LogP contribution >= 0.6 is 11.3 Å². The van der Waals surface area contributed by atoms with Crippen molar-refractivity contribution >= 4 is 29.1 Å². The molecule has 3 N–H and O–H groups in total. The molecule has 134 valence electrons. The van der Waals surface area contributed by atoms with Crippen molar-refractivity contribution in [2.24, 2.45) is 0 Å². The minimum absolute atomic E-state index is 0.185. The Kier molecular flexibility index (Phi) is 9.71. The smallest absolute Gasteiger partial charge is 0.328 e. The highest BCUT2D eigenvalue weighted by molar-refractivity contribution is 7.09. The van der Waals surface area contributed by atoms with Gasteiger partial charge in [0.25, 0.3) is 0 Å². The van der Waals surface area contributed by atoms with Gasteiger partial charge in [-0.25, -0.2) is 10.3 Å². The average Bonchev–Trinajstić information content (AvgIpc) is 3.09. The number of hydroxylamine groups is 1. The minimum Gasteiger partial charge on any atom is -0.467 e. The van der Waals surface area contributed by atoms with E-state index in [0.29, 0.717) is 25.7 Å². The van der Waals surface area contributed by atoms with Crippen molar-refractivity contribution in [1.29, 1.82) is 0 Å². The molecule has 0 saturated carbocycles. The summed E-state index contributed by atoms with van der Waals surface area (Å²) in [4.78, 5) is 35.6. The Morgan fingerprint density at radius 3 is 2.38 bits per heavy atom. The summed E-state index contributed by atoms with van der Waals surface area (Å²) >= 11 is 1.53. The zero-order chi connectivity index (χ0) is 17.8. The zero-order valence-corrected chi connectivity index (χ0v) is 14.6. The molecule has 0 radical (unpaired) electrons. The Labute approximate surface area is 145 Å². The second-order valence-corrected chi connectivity index (χ2v) is 6.41. The van der Waals surface area contributed by atoms with Crippen molar-refractivity contribution in [3.05, 3.63) is 22.4 Å². The molecule has 1 rings (SSSR count). The summed E-state index contributed by atoms with van der Waals surface area (Å²) in [5.74, 6) is -1.04. The molecule has 0 aliphatic heterocycles. The van der Waals surface area contributed by atoms with E-state index in [-0.39, 0.29) is 12.3 Å².